The quantitative estimate of drug-likeness (QED) is 0.790. The van der Waals surface area contributed by atoms with Crippen LogP contribution in [0.5, 0.6) is 0 Å². The van der Waals surface area contributed by atoms with Crippen molar-refractivity contribution in [3.63, 3.8) is 0 Å². The maximum absolute atomic E-state index is 11.9. The lowest BCUT2D eigenvalue weighted by atomic mass is 10.2. The van der Waals surface area contributed by atoms with Gasteiger partial charge in [-0.1, -0.05) is 19.9 Å². The van der Waals surface area contributed by atoms with E-state index in [0.29, 0.717) is 19.5 Å². The predicted molar refractivity (Wildman–Crippen MR) is 75.4 cm³/mol. The molecule has 0 aliphatic carbocycles. The van der Waals surface area contributed by atoms with E-state index in [-0.39, 0.29) is 18.5 Å². The van der Waals surface area contributed by atoms with E-state index in [1.54, 1.807) is 6.20 Å². The van der Waals surface area contributed by atoms with E-state index in [9.17, 15) is 9.59 Å². The highest BCUT2D eigenvalue weighted by atomic mass is 16.4. The van der Waals surface area contributed by atoms with Crippen LogP contribution in [0.1, 0.15) is 19.5 Å². The number of rotatable bonds is 7. The van der Waals surface area contributed by atoms with Gasteiger partial charge in [0.2, 0.25) is 0 Å². The van der Waals surface area contributed by atoms with E-state index in [1.807, 2.05) is 32.0 Å². The minimum Gasteiger partial charge on any atom is -0.480 e. The molecule has 2 N–H and O–H groups in total. The lowest BCUT2D eigenvalue weighted by Gasteiger charge is -2.23. The highest BCUT2D eigenvalue weighted by Gasteiger charge is 2.17. The van der Waals surface area contributed by atoms with E-state index in [1.165, 1.54) is 4.90 Å². The monoisotopic (exact) mass is 279 g/mol. The fraction of sp³-hybridized carbons (Fsp3) is 0.500. The summed E-state index contributed by atoms with van der Waals surface area (Å²) in [5, 5.41) is 11.5. The first kappa shape index (κ1) is 15.9. The number of amides is 2. The van der Waals surface area contributed by atoms with Crippen molar-refractivity contribution in [3.8, 4) is 0 Å². The van der Waals surface area contributed by atoms with Crippen molar-refractivity contribution in [1.29, 1.82) is 0 Å². The summed E-state index contributed by atoms with van der Waals surface area (Å²) >= 11 is 0. The molecule has 0 atom stereocenters. The summed E-state index contributed by atoms with van der Waals surface area (Å²) in [5.41, 5.74) is 0.890. The first-order valence-corrected chi connectivity index (χ1v) is 6.63. The molecule has 0 spiro atoms. The molecule has 6 heteroatoms. The third-order valence-electron chi connectivity index (χ3n) is 2.58. The number of hydrogen-bond acceptors (Lipinski definition) is 3. The van der Waals surface area contributed by atoms with Gasteiger partial charge in [-0.15, -0.1) is 0 Å². The molecular weight excluding hydrogens is 258 g/mol. The Balaban J connectivity index is 2.43. The van der Waals surface area contributed by atoms with Crippen LogP contribution in [-0.4, -0.2) is 46.6 Å². The number of nitrogens with one attached hydrogen (secondary N) is 1. The van der Waals surface area contributed by atoms with Crippen molar-refractivity contribution in [2.45, 2.75) is 20.3 Å². The molecule has 1 heterocycles. The molecule has 0 saturated carbocycles. The third kappa shape index (κ3) is 6.17. The zero-order chi connectivity index (χ0) is 15.0. The van der Waals surface area contributed by atoms with Crippen LogP contribution < -0.4 is 5.32 Å². The van der Waals surface area contributed by atoms with Gasteiger partial charge in [0.15, 0.2) is 0 Å². The summed E-state index contributed by atoms with van der Waals surface area (Å²) in [7, 11) is 0. The maximum Gasteiger partial charge on any atom is 0.323 e. The smallest absolute Gasteiger partial charge is 0.323 e. The van der Waals surface area contributed by atoms with E-state index >= 15 is 0 Å². The first-order valence-electron chi connectivity index (χ1n) is 6.63. The second kappa shape index (κ2) is 8.14. The Labute approximate surface area is 118 Å². The fourth-order valence-corrected chi connectivity index (χ4v) is 1.78. The number of carboxylic acids is 1. The average Bonchev–Trinajstić information content (AvgIpc) is 2.38. The fourth-order valence-electron chi connectivity index (χ4n) is 1.78. The van der Waals surface area contributed by atoms with E-state index in [0.717, 1.165) is 5.69 Å². The Kier molecular flexibility index (Phi) is 6.49. The number of aromatic nitrogens is 1. The molecule has 1 aromatic heterocycles. The van der Waals surface area contributed by atoms with Gasteiger partial charge in [0.1, 0.15) is 6.54 Å². The van der Waals surface area contributed by atoms with E-state index < -0.39 is 5.97 Å². The third-order valence-corrected chi connectivity index (χ3v) is 2.58. The lowest BCUT2D eigenvalue weighted by Crippen LogP contribution is -2.45. The van der Waals surface area contributed by atoms with Gasteiger partial charge < -0.3 is 15.3 Å². The molecule has 6 nitrogen and oxygen atoms in total. The van der Waals surface area contributed by atoms with Crippen molar-refractivity contribution in [2.24, 2.45) is 5.92 Å². The molecule has 20 heavy (non-hydrogen) atoms. The van der Waals surface area contributed by atoms with Crippen molar-refractivity contribution in [2.75, 3.05) is 19.6 Å². The van der Waals surface area contributed by atoms with Crippen LogP contribution in [0.25, 0.3) is 0 Å². The normalized spacial score (nSPS) is 10.3. The SMILES string of the molecule is CC(C)CN(CC(=O)O)C(=O)NCCc1ccccn1. The number of urea groups is 1. The van der Waals surface area contributed by atoms with Gasteiger partial charge in [-0.3, -0.25) is 9.78 Å². The zero-order valence-electron chi connectivity index (χ0n) is 11.9. The Hall–Kier alpha value is -2.11. The minimum absolute atomic E-state index is 0.218. The number of nitrogens with zero attached hydrogens (tertiary/aromatic N) is 2. The van der Waals surface area contributed by atoms with Crippen LogP contribution >= 0.6 is 0 Å². The summed E-state index contributed by atoms with van der Waals surface area (Å²) in [6, 6.07) is 5.26. The number of aliphatic carboxylic acids is 1. The Bertz CT molecular complexity index is 435. The molecule has 0 aromatic carbocycles. The van der Waals surface area contributed by atoms with Gasteiger partial charge >= 0.3 is 12.0 Å². The number of pyridine rings is 1. The van der Waals surface area contributed by atoms with Gasteiger partial charge in [0, 0.05) is 31.4 Å². The molecule has 0 unspecified atom stereocenters. The number of hydrogen-bond donors (Lipinski definition) is 2. The van der Waals surface area contributed by atoms with Gasteiger partial charge in [-0.05, 0) is 18.1 Å². The first-order chi connectivity index (χ1) is 9.49. The highest BCUT2D eigenvalue weighted by molar-refractivity contribution is 5.80. The van der Waals surface area contributed by atoms with Crippen LogP contribution in [0.15, 0.2) is 24.4 Å². The second-order valence-electron chi connectivity index (χ2n) is 4.97. The molecule has 1 aromatic rings. The summed E-state index contributed by atoms with van der Waals surface area (Å²) in [6.07, 6.45) is 2.32. The van der Waals surface area contributed by atoms with E-state index in [2.05, 4.69) is 10.3 Å². The Morgan fingerprint density at radius 1 is 1.40 bits per heavy atom. The van der Waals surface area contributed by atoms with Gasteiger partial charge in [0.05, 0.1) is 0 Å². The molecule has 1 rings (SSSR count). The molecule has 0 aliphatic rings. The number of carbonyl (C=O) groups is 2. The Morgan fingerprint density at radius 2 is 2.15 bits per heavy atom. The molecule has 0 saturated heterocycles. The standard InChI is InChI=1S/C14H21N3O3/c1-11(2)9-17(10-13(18)19)14(20)16-8-6-12-5-3-4-7-15-12/h3-5,7,11H,6,8-10H2,1-2H3,(H,16,20)(H,18,19). The molecule has 110 valence electrons. The molecule has 0 bridgehead atoms. The topological polar surface area (TPSA) is 82.5 Å². The maximum atomic E-state index is 11.9. The summed E-state index contributed by atoms with van der Waals surface area (Å²) in [5.74, 6) is -0.790. The van der Waals surface area contributed by atoms with Crippen LogP contribution in [-0.2, 0) is 11.2 Å². The van der Waals surface area contributed by atoms with Crippen LogP contribution in [0.4, 0.5) is 4.79 Å². The average molecular weight is 279 g/mol. The second-order valence-corrected chi connectivity index (χ2v) is 4.97. The molecular formula is C14H21N3O3. The van der Waals surface area contributed by atoms with Crippen molar-refractivity contribution in [1.82, 2.24) is 15.2 Å². The summed E-state index contributed by atoms with van der Waals surface area (Å²) < 4.78 is 0. The number of carboxylic acid groups (broad SMARTS) is 1. The Morgan fingerprint density at radius 3 is 2.70 bits per heavy atom. The molecule has 0 aliphatic heterocycles. The van der Waals surface area contributed by atoms with Gasteiger partial charge in [0.25, 0.3) is 0 Å². The summed E-state index contributed by atoms with van der Waals surface area (Å²) in [6.45, 7) is 4.45. The van der Waals surface area contributed by atoms with Crippen LogP contribution in [0.3, 0.4) is 0 Å². The highest BCUT2D eigenvalue weighted by Crippen LogP contribution is 2.00. The molecule has 0 fully saturated rings. The van der Waals surface area contributed by atoms with Crippen LogP contribution in [0.2, 0.25) is 0 Å². The minimum atomic E-state index is -1.01. The zero-order valence-corrected chi connectivity index (χ0v) is 11.9. The van der Waals surface area contributed by atoms with Gasteiger partial charge in [-0.2, -0.15) is 0 Å². The van der Waals surface area contributed by atoms with Crippen molar-refractivity contribution in [3.05, 3.63) is 30.1 Å². The molecule has 2 amide bonds. The van der Waals surface area contributed by atoms with Crippen molar-refractivity contribution < 1.29 is 14.7 Å². The van der Waals surface area contributed by atoms with E-state index in [4.69, 9.17) is 5.11 Å². The predicted octanol–water partition coefficient (Wildman–Crippen LogP) is 1.38. The van der Waals surface area contributed by atoms with Gasteiger partial charge in [-0.25, -0.2) is 4.79 Å². The largest absolute Gasteiger partial charge is 0.480 e. The van der Waals surface area contributed by atoms with Crippen LogP contribution in [0, 0.1) is 5.92 Å². The lowest BCUT2D eigenvalue weighted by molar-refractivity contribution is -0.137. The molecule has 0 radical (unpaired) electrons. The summed E-state index contributed by atoms with van der Waals surface area (Å²) in [4.78, 5) is 28.2. The van der Waals surface area contributed by atoms with Crippen molar-refractivity contribution >= 4 is 12.0 Å². The number of carbonyl (C=O) groups excluding carboxylic acids is 1.